The van der Waals surface area contributed by atoms with Gasteiger partial charge in [-0.05, 0) is 81.9 Å². The lowest BCUT2D eigenvalue weighted by molar-refractivity contribution is 0.0734. The standard InChI is InChI=1S/C21H33N3O2/c1-22-13-9-21(10-14-22)8-3-12-24(15-11-21)20(26)18-4-6-19(7-5-18)23(2)16-17-25/h4-7,25H,3,8-17H2,1-2H3. The molecule has 0 saturated carbocycles. The number of amides is 1. The first-order chi connectivity index (χ1) is 12.5. The highest BCUT2D eigenvalue weighted by atomic mass is 16.3. The maximum atomic E-state index is 12.9. The summed E-state index contributed by atoms with van der Waals surface area (Å²) in [5, 5.41) is 9.05. The summed E-state index contributed by atoms with van der Waals surface area (Å²) in [5.41, 5.74) is 2.25. The number of hydrogen-bond acceptors (Lipinski definition) is 4. The smallest absolute Gasteiger partial charge is 0.253 e. The van der Waals surface area contributed by atoms with Crippen LogP contribution in [0.3, 0.4) is 0 Å². The quantitative estimate of drug-likeness (QED) is 0.897. The van der Waals surface area contributed by atoms with Gasteiger partial charge in [-0.15, -0.1) is 0 Å². The van der Waals surface area contributed by atoms with Crippen molar-refractivity contribution in [2.45, 2.75) is 32.1 Å². The van der Waals surface area contributed by atoms with E-state index in [1.54, 1.807) is 0 Å². The van der Waals surface area contributed by atoms with Crippen molar-refractivity contribution in [3.05, 3.63) is 29.8 Å². The molecule has 0 atom stereocenters. The maximum Gasteiger partial charge on any atom is 0.253 e. The third-order valence-corrected chi connectivity index (χ3v) is 6.37. The lowest BCUT2D eigenvalue weighted by atomic mass is 9.73. The topological polar surface area (TPSA) is 47.0 Å². The molecule has 2 saturated heterocycles. The van der Waals surface area contributed by atoms with E-state index in [0.29, 0.717) is 12.0 Å². The molecular weight excluding hydrogens is 326 g/mol. The number of likely N-dealkylation sites (tertiary alicyclic amines) is 2. The average molecular weight is 360 g/mol. The van der Waals surface area contributed by atoms with Crippen LogP contribution in [0.4, 0.5) is 5.69 Å². The van der Waals surface area contributed by atoms with E-state index in [9.17, 15) is 4.79 Å². The minimum Gasteiger partial charge on any atom is -0.395 e. The predicted octanol–water partition coefficient (Wildman–Crippen LogP) is 2.45. The zero-order valence-electron chi connectivity index (χ0n) is 16.3. The van der Waals surface area contributed by atoms with Gasteiger partial charge in [-0.3, -0.25) is 4.79 Å². The SMILES string of the molecule is CN1CCC2(CCCN(C(=O)c3ccc(N(C)CCO)cc3)CC2)CC1. The van der Waals surface area contributed by atoms with Crippen molar-refractivity contribution < 1.29 is 9.90 Å². The third kappa shape index (κ3) is 4.38. The molecule has 2 fully saturated rings. The molecule has 0 aliphatic carbocycles. The Labute approximate surface area is 157 Å². The second kappa shape index (κ2) is 8.40. The lowest BCUT2D eigenvalue weighted by Crippen LogP contribution is -2.39. The van der Waals surface area contributed by atoms with Gasteiger partial charge in [-0.1, -0.05) is 0 Å². The van der Waals surface area contributed by atoms with Gasteiger partial charge < -0.3 is 19.8 Å². The van der Waals surface area contributed by atoms with Gasteiger partial charge in [0.1, 0.15) is 0 Å². The monoisotopic (exact) mass is 359 g/mol. The molecule has 0 aromatic heterocycles. The summed E-state index contributed by atoms with van der Waals surface area (Å²) < 4.78 is 0. The Balaban J connectivity index is 1.61. The molecule has 144 valence electrons. The van der Waals surface area contributed by atoms with Crippen molar-refractivity contribution in [3.8, 4) is 0 Å². The van der Waals surface area contributed by atoms with Crippen LogP contribution >= 0.6 is 0 Å². The Bertz CT molecular complexity index is 594. The fourth-order valence-electron chi connectivity index (χ4n) is 4.37. The van der Waals surface area contributed by atoms with Crippen LogP contribution in [0.1, 0.15) is 42.5 Å². The van der Waals surface area contributed by atoms with Crippen LogP contribution in [-0.4, -0.2) is 74.2 Å². The van der Waals surface area contributed by atoms with Gasteiger partial charge in [-0.25, -0.2) is 0 Å². The first-order valence-corrected chi connectivity index (χ1v) is 9.93. The molecule has 0 bridgehead atoms. The Hall–Kier alpha value is -1.59. The molecule has 1 aromatic carbocycles. The molecule has 0 unspecified atom stereocenters. The summed E-state index contributed by atoms with van der Waals surface area (Å²) >= 11 is 0. The molecule has 5 nitrogen and oxygen atoms in total. The third-order valence-electron chi connectivity index (χ3n) is 6.37. The highest BCUT2D eigenvalue weighted by Crippen LogP contribution is 2.41. The Kier molecular flexibility index (Phi) is 6.20. The van der Waals surface area contributed by atoms with Crippen molar-refractivity contribution in [2.75, 3.05) is 58.3 Å². The van der Waals surface area contributed by atoms with Gasteiger partial charge in [0.15, 0.2) is 0 Å². The van der Waals surface area contributed by atoms with Crippen molar-refractivity contribution in [1.29, 1.82) is 0 Å². The maximum absolute atomic E-state index is 12.9. The van der Waals surface area contributed by atoms with E-state index in [4.69, 9.17) is 5.11 Å². The Morgan fingerprint density at radius 1 is 1.08 bits per heavy atom. The summed E-state index contributed by atoms with van der Waals surface area (Å²) in [5.74, 6) is 0.159. The largest absolute Gasteiger partial charge is 0.395 e. The zero-order valence-corrected chi connectivity index (χ0v) is 16.3. The first-order valence-electron chi connectivity index (χ1n) is 9.93. The summed E-state index contributed by atoms with van der Waals surface area (Å²) in [6, 6.07) is 7.78. The van der Waals surface area contributed by atoms with Gasteiger partial charge >= 0.3 is 0 Å². The van der Waals surface area contributed by atoms with Gasteiger partial charge in [0, 0.05) is 37.9 Å². The van der Waals surface area contributed by atoms with E-state index in [1.165, 1.54) is 32.4 Å². The van der Waals surface area contributed by atoms with E-state index < -0.39 is 0 Å². The zero-order chi connectivity index (χ0) is 18.6. The number of aliphatic hydroxyl groups is 1. The van der Waals surface area contributed by atoms with Crippen LogP contribution in [0, 0.1) is 5.41 Å². The number of aliphatic hydroxyl groups excluding tert-OH is 1. The Morgan fingerprint density at radius 3 is 2.38 bits per heavy atom. The van der Waals surface area contributed by atoms with Crippen LogP contribution in [0.2, 0.25) is 0 Å². The number of carbonyl (C=O) groups excluding carboxylic acids is 1. The number of nitrogens with zero attached hydrogens (tertiary/aromatic N) is 3. The molecule has 2 aliphatic heterocycles. The van der Waals surface area contributed by atoms with Crippen LogP contribution in [0.5, 0.6) is 0 Å². The minimum absolute atomic E-state index is 0.127. The number of anilines is 1. The number of benzene rings is 1. The number of piperidine rings is 1. The van der Waals surface area contributed by atoms with E-state index in [1.807, 2.05) is 36.2 Å². The van der Waals surface area contributed by atoms with Gasteiger partial charge in [0.05, 0.1) is 6.61 Å². The van der Waals surface area contributed by atoms with E-state index >= 15 is 0 Å². The van der Waals surface area contributed by atoms with Gasteiger partial charge in [0.25, 0.3) is 5.91 Å². The fraction of sp³-hybridized carbons (Fsp3) is 0.667. The summed E-state index contributed by atoms with van der Waals surface area (Å²) in [6.07, 6.45) is 6.07. The molecule has 2 heterocycles. The molecule has 2 aliphatic rings. The van der Waals surface area contributed by atoms with Crippen molar-refractivity contribution >= 4 is 11.6 Å². The van der Waals surface area contributed by atoms with Crippen LogP contribution in [-0.2, 0) is 0 Å². The van der Waals surface area contributed by atoms with Gasteiger partial charge in [-0.2, -0.15) is 0 Å². The van der Waals surface area contributed by atoms with E-state index in [2.05, 4.69) is 16.8 Å². The molecule has 0 radical (unpaired) electrons. The lowest BCUT2D eigenvalue weighted by Gasteiger charge is -2.40. The van der Waals surface area contributed by atoms with Crippen LogP contribution in [0.25, 0.3) is 0 Å². The highest BCUT2D eigenvalue weighted by Gasteiger charge is 2.36. The second-order valence-electron chi connectivity index (χ2n) is 8.14. The number of likely N-dealkylation sites (N-methyl/N-ethyl adjacent to an activating group) is 1. The molecule has 1 aromatic rings. The molecule has 5 heteroatoms. The Morgan fingerprint density at radius 2 is 1.73 bits per heavy atom. The van der Waals surface area contributed by atoms with Gasteiger partial charge in [0.2, 0.25) is 0 Å². The average Bonchev–Trinajstić information content (AvgIpc) is 2.87. The molecule has 3 rings (SSSR count). The molecule has 1 N–H and O–H groups in total. The second-order valence-corrected chi connectivity index (χ2v) is 8.14. The summed E-state index contributed by atoms with van der Waals surface area (Å²) in [4.78, 5) is 19.4. The predicted molar refractivity (Wildman–Crippen MR) is 106 cm³/mol. The summed E-state index contributed by atoms with van der Waals surface area (Å²) in [7, 11) is 4.16. The normalized spacial score (nSPS) is 20.8. The number of carbonyl (C=O) groups is 1. The molecular formula is C21H33N3O2. The van der Waals surface area contributed by atoms with Crippen LogP contribution in [0.15, 0.2) is 24.3 Å². The van der Waals surface area contributed by atoms with Crippen molar-refractivity contribution in [2.24, 2.45) is 5.41 Å². The molecule has 26 heavy (non-hydrogen) atoms. The van der Waals surface area contributed by atoms with E-state index in [0.717, 1.165) is 37.2 Å². The van der Waals surface area contributed by atoms with Crippen molar-refractivity contribution in [3.63, 3.8) is 0 Å². The van der Waals surface area contributed by atoms with Crippen LogP contribution < -0.4 is 4.90 Å². The molecule has 1 spiro atoms. The summed E-state index contributed by atoms with van der Waals surface area (Å²) in [6.45, 7) is 4.87. The van der Waals surface area contributed by atoms with Crippen molar-refractivity contribution in [1.82, 2.24) is 9.80 Å². The first kappa shape index (κ1) is 19.2. The number of rotatable bonds is 4. The molecule has 1 amide bonds. The van der Waals surface area contributed by atoms with E-state index in [-0.39, 0.29) is 12.5 Å². The highest BCUT2D eigenvalue weighted by molar-refractivity contribution is 5.94. The fourth-order valence-corrected chi connectivity index (χ4v) is 4.37. The number of hydrogen-bond donors (Lipinski definition) is 1. The minimum atomic E-state index is 0.127.